The van der Waals surface area contributed by atoms with Crippen molar-refractivity contribution in [3.8, 4) is 0 Å². The quantitative estimate of drug-likeness (QED) is 0.476. The van der Waals surface area contributed by atoms with E-state index in [1.165, 1.54) is 0 Å². The molecule has 0 saturated carbocycles. The molecular weight excluding hydrogens is 256 g/mol. The third kappa shape index (κ3) is 3.65. The Morgan fingerprint density at radius 2 is 2.11 bits per heavy atom. The Bertz CT molecular complexity index is 385. The molecule has 0 bridgehead atoms. The van der Waals surface area contributed by atoms with Crippen LogP contribution in [0.5, 0.6) is 0 Å². The van der Waals surface area contributed by atoms with Gasteiger partial charge in [0.2, 0.25) is 5.91 Å². The van der Waals surface area contributed by atoms with Gasteiger partial charge in [0.05, 0.1) is 18.6 Å². The van der Waals surface area contributed by atoms with Gasteiger partial charge in [0, 0.05) is 12.5 Å². The second-order valence-electron chi connectivity index (χ2n) is 4.84. The van der Waals surface area contributed by atoms with Crippen molar-refractivity contribution in [1.82, 2.24) is 5.32 Å². The molecule has 1 fully saturated rings. The molecule has 5 N–H and O–H groups in total. The Morgan fingerprint density at radius 1 is 1.47 bits per heavy atom. The molecule has 8 heteroatoms. The van der Waals surface area contributed by atoms with Gasteiger partial charge in [0.25, 0.3) is 0 Å². The normalized spacial score (nSPS) is 27.8. The Hall–Kier alpha value is -1.67. The highest BCUT2D eigenvalue weighted by molar-refractivity contribution is 5.88. The molecule has 1 saturated heterocycles. The second-order valence-corrected chi connectivity index (χ2v) is 4.84. The summed E-state index contributed by atoms with van der Waals surface area (Å²) in [5, 5.41) is 19.8. The zero-order valence-corrected chi connectivity index (χ0v) is 10.6. The van der Waals surface area contributed by atoms with Crippen molar-refractivity contribution in [3.63, 3.8) is 0 Å². The fourth-order valence-electron chi connectivity index (χ4n) is 1.77. The summed E-state index contributed by atoms with van der Waals surface area (Å²) in [5.74, 6) is -2.92. The summed E-state index contributed by atoms with van der Waals surface area (Å²) in [7, 11) is 0. The molecule has 1 rings (SSSR count). The Balaban J connectivity index is 2.66. The van der Waals surface area contributed by atoms with Gasteiger partial charge < -0.3 is 26.0 Å². The molecule has 3 atom stereocenters. The van der Waals surface area contributed by atoms with Crippen molar-refractivity contribution in [3.05, 3.63) is 0 Å². The molecule has 0 radical (unpaired) electrons. The molecule has 108 valence electrons. The Labute approximate surface area is 109 Å². The zero-order chi connectivity index (χ0) is 14.6. The Kier molecular flexibility index (Phi) is 4.84. The van der Waals surface area contributed by atoms with E-state index < -0.39 is 35.3 Å². The average molecular weight is 274 g/mol. The largest absolute Gasteiger partial charge is 0.481 e. The van der Waals surface area contributed by atoms with E-state index in [4.69, 9.17) is 20.7 Å². The van der Waals surface area contributed by atoms with Gasteiger partial charge in [0.15, 0.2) is 0 Å². The summed E-state index contributed by atoms with van der Waals surface area (Å²) in [6, 6.07) is -1.75. The first-order valence-electron chi connectivity index (χ1n) is 5.86. The van der Waals surface area contributed by atoms with E-state index in [9.17, 15) is 14.4 Å². The summed E-state index contributed by atoms with van der Waals surface area (Å²) in [6.45, 7) is 1.94. The molecule has 0 spiro atoms. The Morgan fingerprint density at radius 3 is 2.53 bits per heavy atom. The van der Waals surface area contributed by atoms with Crippen LogP contribution in [0.15, 0.2) is 0 Å². The van der Waals surface area contributed by atoms with Gasteiger partial charge >= 0.3 is 11.9 Å². The van der Waals surface area contributed by atoms with Crippen molar-refractivity contribution in [2.75, 3.05) is 13.2 Å². The molecule has 1 aliphatic rings. The first-order chi connectivity index (χ1) is 8.77. The number of hydrogen-bond donors (Lipinski definition) is 4. The van der Waals surface area contributed by atoms with Crippen LogP contribution in [0.4, 0.5) is 0 Å². The third-order valence-corrected chi connectivity index (χ3v) is 3.29. The van der Waals surface area contributed by atoms with Crippen molar-refractivity contribution in [2.45, 2.75) is 31.8 Å². The van der Waals surface area contributed by atoms with Gasteiger partial charge in [0.1, 0.15) is 6.04 Å². The molecule has 19 heavy (non-hydrogen) atoms. The fourth-order valence-corrected chi connectivity index (χ4v) is 1.77. The number of nitrogens with one attached hydrogen (secondary N) is 1. The SMILES string of the molecule is CC1(C(=O)N[C@@H](CCC(=O)O)C(=O)O)COCC1N. The lowest BCUT2D eigenvalue weighted by atomic mass is 9.84. The van der Waals surface area contributed by atoms with Crippen LogP contribution in [-0.2, 0) is 19.1 Å². The van der Waals surface area contributed by atoms with Crippen LogP contribution in [0.1, 0.15) is 19.8 Å². The van der Waals surface area contributed by atoms with Crippen LogP contribution in [0.25, 0.3) is 0 Å². The highest BCUT2D eigenvalue weighted by atomic mass is 16.5. The lowest BCUT2D eigenvalue weighted by Crippen LogP contribution is -2.54. The maximum atomic E-state index is 12.1. The summed E-state index contributed by atoms with van der Waals surface area (Å²) >= 11 is 0. The van der Waals surface area contributed by atoms with Crippen molar-refractivity contribution in [2.24, 2.45) is 11.1 Å². The number of rotatable bonds is 6. The summed E-state index contributed by atoms with van der Waals surface area (Å²) in [4.78, 5) is 33.5. The number of aliphatic carboxylic acids is 2. The molecular formula is C11H18N2O6. The van der Waals surface area contributed by atoms with Crippen LogP contribution < -0.4 is 11.1 Å². The molecule has 0 aromatic rings. The summed E-state index contributed by atoms with van der Waals surface area (Å²) in [6.07, 6.45) is -0.515. The maximum absolute atomic E-state index is 12.1. The highest BCUT2D eigenvalue weighted by Gasteiger charge is 2.45. The van der Waals surface area contributed by atoms with E-state index in [1.54, 1.807) is 6.92 Å². The number of amides is 1. The van der Waals surface area contributed by atoms with E-state index in [2.05, 4.69) is 5.32 Å². The number of hydrogen-bond acceptors (Lipinski definition) is 5. The lowest BCUT2D eigenvalue weighted by Gasteiger charge is -2.27. The molecule has 0 aromatic heterocycles. The van der Waals surface area contributed by atoms with E-state index in [1.807, 2.05) is 0 Å². The number of ether oxygens (including phenoxy) is 1. The van der Waals surface area contributed by atoms with Crippen molar-refractivity contribution >= 4 is 17.8 Å². The second kappa shape index (κ2) is 5.98. The predicted octanol–water partition coefficient (Wildman–Crippen LogP) is -1.22. The van der Waals surface area contributed by atoms with Crippen LogP contribution in [0.3, 0.4) is 0 Å². The van der Waals surface area contributed by atoms with Crippen LogP contribution in [-0.4, -0.2) is 53.4 Å². The summed E-state index contributed by atoms with van der Waals surface area (Å²) < 4.78 is 5.11. The standard InChI is InChI=1S/C11H18N2O6/c1-11(5-19-4-7(11)12)10(18)13-6(9(16)17)2-3-8(14)15/h6-7H,2-5,12H2,1H3,(H,13,18)(H,14,15)(H,16,17)/t6-,7?,11?/m0/s1. The highest BCUT2D eigenvalue weighted by Crippen LogP contribution is 2.27. The van der Waals surface area contributed by atoms with Crippen molar-refractivity contribution < 1.29 is 29.3 Å². The van der Waals surface area contributed by atoms with E-state index in [0.717, 1.165) is 0 Å². The summed E-state index contributed by atoms with van der Waals surface area (Å²) in [5.41, 5.74) is 4.77. The molecule has 1 aliphatic heterocycles. The van der Waals surface area contributed by atoms with Gasteiger partial charge in [-0.05, 0) is 13.3 Å². The molecule has 0 aromatic carbocycles. The number of carboxylic acids is 2. The number of carbonyl (C=O) groups is 3. The van der Waals surface area contributed by atoms with Gasteiger partial charge in [-0.25, -0.2) is 4.79 Å². The van der Waals surface area contributed by atoms with E-state index in [0.29, 0.717) is 0 Å². The molecule has 0 aliphatic carbocycles. The minimum absolute atomic E-state index is 0.116. The average Bonchev–Trinajstić information content (AvgIpc) is 2.65. The first kappa shape index (κ1) is 15.4. The van der Waals surface area contributed by atoms with Gasteiger partial charge in [-0.1, -0.05) is 0 Å². The van der Waals surface area contributed by atoms with Crippen LogP contribution in [0, 0.1) is 5.41 Å². The van der Waals surface area contributed by atoms with E-state index in [-0.39, 0.29) is 26.1 Å². The van der Waals surface area contributed by atoms with Gasteiger partial charge in [-0.15, -0.1) is 0 Å². The monoisotopic (exact) mass is 274 g/mol. The number of nitrogens with two attached hydrogens (primary N) is 1. The third-order valence-electron chi connectivity index (χ3n) is 3.29. The molecule has 1 heterocycles. The smallest absolute Gasteiger partial charge is 0.326 e. The number of carbonyl (C=O) groups excluding carboxylic acids is 1. The minimum atomic E-state index is -1.27. The predicted molar refractivity (Wildman–Crippen MR) is 63.3 cm³/mol. The molecule has 1 amide bonds. The molecule has 2 unspecified atom stereocenters. The molecule has 8 nitrogen and oxygen atoms in total. The fraction of sp³-hybridized carbons (Fsp3) is 0.727. The van der Waals surface area contributed by atoms with Crippen LogP contribution >= 0.6 is 0 Å². The van der Waals surface area contributed by atoms with Crippen molar-refractivity contribution in [1.29, 1.82) is 0 Å². The van der Waals surface area contributed by atoms with Crippen LogP contribution in [0.2, 0.25) is 0 Å². The number of carboxylic acid groups (broad SMARTS) is 2. The minimum Gasteiger partial charge on any atom is -0.481 e. The first-order valence-corrected chi connectivity index (χ1v) is 5.86. The van der Waals surface area contributed by atoms with E-state index >= 15 is 0 Å². The lowest BCUT2D eigenvalue weighted by molar-refractivity contribution is -0.145. The van der Waals surface area contributed by atoms with Gasteiger partial charge in [-0.2, -0.15) is 0 Å². The topological polar surface area (TPSA) is 139 Å². The van der Waals surface area contributed by atoms with Gasteiger partial charge in [-0.3, -0.25) is 9.59 Å². The maximum Gasteiger partial charge on any atom is 0.326 e. The zero-order valence-electron chi connectivity index (χ0n) is 10.6.